The number of aryl methyl sites for hydroxylation is 1. The zero-order valence-corrected chi connectivity index (χ0v) is 18.9. The fourth-order valence-corrected chi connectivity index (χ4v) is 4.26. The Hall–Kier alpha value is -3.06. The number of amides is 1. The Labute approximate surface area is 188 Å². The fraction of sp³-hybridized carbons (Fsp3) is 0.250. The van der Waals surface area contributed by atoms with E-state index < -0.39 is 0 Å². The predicted octanol–water partition coefficient (Wildman–Crippen LogP) is 5.25. The molecule has 0 spiro atoms. The van der Waals surface area contributed by atoms with Crippen LogP contribution in [0.5, 0.6) is 0 Å². The van der Waals surface area contributed by atoms with Crippen molar-refractivity contribution < 1.29 is 4.79 Å². The van der Waals surface area contributed by atoms with Crippen LogP contribution >= 0.6 is 15.9 Å². The van der Waals surface area contributed by atoms with E-state index in [9.17, 15) is 4.79 Å². The van der Waals surface area contributed by atoms with Gasteiger partial charge in [-0.05, 0) is 62.6 Å². The Morgan fingerprint density at radius 1 is 1.19 bits per heavy atom. The lowest BCUT2D eigenvalue weighted by Gasteiger charge is -2.16. The molecule has 0 aliphatic heterocycles. The van der Waals surface area contributed by atoms with Gasteiger partial charge in [-0.3, -0.25) is 4.79 Å². The summed E-state index contributed by atoms with van der Waals surface area (Å²) in [6.45, 7) is 3.90. The number of hydrogen-bond donors (Lipinski definition) is 1. The van der Waals surface area contributed by atoms with Gasteiger partial charge in [-0.15, -0.1) is 0 Å². The monoisotopic (exact) mass is 475 g/mol. The predicted molar refractivity (Wildman–Crippen MR) is 123 cm³/mol. The largest absolute Gasteiger partial charge is 0.345 e. The molecule has 1 N–H and O–H groups in total. The summed E-state index contributed by atoms with van der Waals surface area (Å²) < 4.78 is 2.73. The summed E-state index contributed by atoms with van der Waals surface area (Å²) in [7, 11) is 0. The summed E-state index contributed by atoms with van der Waals surface area (Å²) in [5, 5.41) is 8.60. The molecule has 7 heteroatoms. The molecule has 0 bridgehead atoms. The highest BCUT2D eigenvalue weighted by Crippen LogP contribution is 2.40. The van der Waals surface area contributed by atoms with Crippen molar-refractivity contribution in [2.24, 2.45) is 0 Å². The van der Waals surface area contributed by atoms with Crippen LogP contribution in [0.2, 0.25) is 0 Å². The first-order valence-corrected chi connectivity index (χ1v) is 11.2. The van der Waals surface area contributed by atoms with Gasteiger partial charge >= 0.3 is 0 Å². The zero-order chi connectivity index (χ0) is 21.5. The number of rotatable bonds is 5. The van der Waals surface area contributed by atoms with E-state index in [0.29, 0.717) is 22.9 Å². The van der Waals surface area contributed by atoms with Crippen molar-refractivity contribution in [3.63, 3.8) is 0 Å². The first kappa shape index (κ1) is 19.9. The molecule has 3 aromatic heterocycles. The van der Waals surface area contributed by atoms with Gasteiger partial charge in [0.15, 0.2) is 11.5 Å². The van der Waals surface area contributed by atoms with Crippen LogP contribution in [0.25, 0.3) is 16.9 Å². The number of halogens is 1. The lowest BCUT2D eigenvalue weighted by Crippen LogP contribution is -2.27. The highest BCUT2D eigenvalue weighted by atomic mass is 79.9. The Balaban J connectivity index is 1.59. The lowest BCUT2D eigenvalue weighted by atomic mass is 10.0. The van der Waals surface area contributed by atoms with Gasteiger partial charge in [0.1, 0.15) is 0 Å². The molecule has 1 unspecified atom stereocenters. The molecule has 156 valence electrons. The second-order valence-corrected chi connectivity index (χ2v) is 8.92. The van der Waals surface area contributed by atoms with E-state index in [-0.39, 0.29) is 11.9 Å². The quantitative estimate of drug-likeness (QED) is 0.427. The molecule has 31 heavy (non-hydrogen) atoms. The first-order chi connectivity index (χ1) is 15.0. The maximum Gasteiger partial charge on any atom is 0.252 e. The SMILES string of the molecule is Cc1nn(-c2ccccn2)c2nc(C3CC3)cc(C(=O)NC(C)c3cccc(Br)c3)c12. The van der Waals surface area contributed by atoms with E-state index in [2.05, 4.69) is 31.3 Å². The van der Waals surface area contributed by atoms with Crippen LogP contribution in [-0.2, 0) is 0 Å². The van der Waals surface area contributed by atoms with Crippen LogP contribution in [0, 0.1) is 6.92 Å². The van der Waals surface area contributed by atoms with Crippen molar-refractivity contribution in [2.75, 3.05) is 0 Å². The van der Waals surface area contributed by atoms with E-state index in [4.69, 9.17) is 4.98 Å². The molecule has 1 fully saturated rings. The summed E-state index contributed by atoms with van der Waals surface area (Å²) in [5.74, 6) is 0.978. The van der Waals surface area contributed by atoms with Gasteiger partial charge in [0.25, 0.3) is 5.91 Å². The number of aromatic nitrogens is 4. The number of fused-ring (bicyclic) bond motifs is 1. The van der Waals surface area contributed by atoms with E-state index >= 15 is 0 Å². The van der Waals surface area contributed by atoms with Crippen LogP contribution in [-0.4, -0.2) is 25.7 Å². The van der Waals surface area contributed by atoms with Crippen LogP contribution in [0.3, 0.4) is 0 Å². The molecule has 4 aromatic rings. The summed E-state index contributed by atoms with van der Waals surface area (Å²) in [4.78, 5) is 22.7. The molecule has 1 atom stereocenters. The molecular weight excluding hydrogens is 454 g/mol. The number of hydrogen-bond acceptors (Lipinski definition) is 4. The average molecular weight is 476 g/mol. The first-order valence-electron chi connectivity index (χ1n) is 10.4. The lowest BCUT2D eigenvalue weighted by molar-refractivity contribution is 0.0941. The van der Waals surface area contributed by atoms with Crippen molar-refractivity contribution in [3.05, 3.63) is 81.7 Å². The van der Waals surface area contributed by atoms with Crippen LogP contribution in [0.1, 0.15) is 59.0 Å². The standard InChI is InChI=1S/C24H22BrN5O/c1-14(17-6-5-7-18(25)12-17)27-24(31)19-13-20(16-9-10-16)28-23-22(19)15(2)29-30(23)21-8-3-4-11-26-21/h3-8,11-14,16H,9-10H2,1-2H3,(H,27,31). The minimum Gasteiger partial charge on any atom is -0.345 e. The summed E-state index contributed by atoms with van der Waals surface area (Å²) >= 11 is 3.50. The number of nitrogens with one attached hydrogen (secondary N) is 1. The topological polar surface area (TPSA) is 72.7 Å². The number of carbonyl (C=O) groups is 1. The van der Waals surface area contributed by atoms with Gasteiger partial charge in [-0.25, -0.2) is 9.97 Å². The smallest absolute Gasteiger partial charge is 0.252 e. The van der Waals surface area contributed by atoms with Gasteiger partial charge in [0.2, 0.25) is 0 Å². The molecule has 1 saturated carbocycles. The average Bonchev–Trinajstić information content (AvgIpc) is 3.57. The fourth-order valence-electron chi connectivity index (χ4n) is 3.85. The van der Waals surface area contributed by atoms with E-state index in [1.807, 2.05) is 62.4 Å². The molecule has 6 nitrogen and oxygen atoms in total. The Morgan fingerprint density at radius 3 is 2.74 bits per heavy atom. The maximum atomic E-state index is 13.4. The Morgan fingerprint density at radius 2 is 2.03 bits per heavy atom. The second-order valence-electron chi connectivity index (χ2n) is 8.00. The zero-order valence-electron chi connectivity index (χ0n) is 17.3. The second kappa shape index (κ2) is 7.89. The number of nitrogens with zero attached hydrogens (tertiary/aromatic N) is 4. The molecule has 1 amide bonds. The van der Waals surface area contributed by atoms with E-state index in [1.54, 1.807) is 10.9 Å². The summed E-state index contributed by atoms with van der Waals surface area (Å²) in [5.41, 5.74) is 4.05. The summed E-state index contributed by atoms with van der Waals surface area (Å²) in [6.07, 6.45) is 3.94. The van der Waals surface area contributed by atoms with Crippen molar-refractivity contribution in [1.29, 1.82) is 0 Å². The van der Waals surface area contributed by atoms with Crippen molar-refractivity contribution in [3.8, 4) is 5.82 Å². The van der Waals surface area contributed by atoms with Crippen LogP contribution in [0.15, 0.2) is 59.2 Å². The highest BCUT2D eigenvalue weighted by molar-refractivity contribution is 9.10. The van der Waals surface area contributed by atoms with Crippen molar-refractivity contribution in [2.45, 2.75) is 38.6 Å². The number of pyridine rings is 2. The number of carbonyl (C=O) groups excluding carboxylic acids is 1. The van der Waals surface area contributed by atoms with Gasteiger partial charge in [0.05, 0.1) is 22.7 Å². The van der Waals surface area contributed by atoms with Gasteiger partial charge in [-0.1, -0.05) is 34.1 Å². The number of benzene rings is 1. The Bertz CT molecular complexity index is 1280. The van der Waals surface area contributed by atoms with Gasteiger partial charge < -0.3 is 5.32 Å². The van der Waals surface area contributed by atoms with Crippen LogP contribution in [0.4, 0.5) is 0 Å². The molecule has 3 heterocycles. The maximum absolute atomic E-state index is 13.4. The van der Waals surface area contributed by atoms with E-state index in [1.165, 1.54) is 0 Å². The molecule has 0 radical (unpaired) electrons. The summed E-state index contributed by atoms with van der Waals surface area (Å²) in [6, 6.07) is 15.5. The minimum absolute atomic E-state index is 0.120. The molecule has 0 saturated heterocycles. The van der Waals surface area contributed by atoms with Crippen LogP contribution < -0.4 is 5.32 Å². The van der Waals surface area contributed by atoms with Crippen molar-refractivity contribution in [1.82, 2.24) is 25.1 Å². The van der Waals surface area contributed by atoms with E-state index in [0.717, 1.165) is 39.7 Å². The minimum atomic E-state index is -0.135. The highest BCUT2D eigenvalue weighted by Gasteiger charge is 2.29. The molecule has 1 aliphatic carbocycles. The normalized spacial score (nSPS) is 14.5. The van der Waals surface area contributed by atoms with Gasteiger partial charge in [0, 0.05) is 22.3 Å². The molecular formula is C24H22BrN5O. The molecule has 5 rings (SSSR count). The molecule has 1 aliphatic rings. The Kier molecular flexibility index (Phi) is 5.06. The van der Waals surface area contributed by atoms with Crippen molar-refractivity contribution >= 4 is 32.9 Å². The third-order valence-corrected chi connectivity index (χ3v) is 6.13. The third-order valence-electron chi connectivity index (χ3n) is 5.64. The third kappa shape index (κ3) is 3.85. The van der Waals surface area contributed by atoms with Gasteiger partial charge in [-0.2, -0.15) is 9.78 Å². The molecule has 1 aromatic carbocycles.